The van der Waals surface area contributed by atoms with Crippen LogP contribution in [0.2, 0.25) is 15.1 Å². The molecule has 0 atom stereocenters. The van der Waals surface area contributed by atoms with Crippen LogP contribution < -0.4 is 10.7 Å². The third-order valence-electron chi connectivity index (χ3n) is 3.46. The summed E-state index contributed by atoms with van der Waals surface area (Å²) in [5.41, 5.74) is 0.952. The highest BCUT2D eigenvalue weighted by Gasteiger charge is 2.10. The minimum absolute atomic E-state index is 0.0252. The minimum atomic E-state index is -0.279. The van der Waals surface area contributed by atoms with Crippen molar-refractivity contribution >= 4 is 57.3 Å². The van der Waals surface area contributed by atoms with Crippen molar-refractivity contribution in [1.82, 2.24) is 4.57 Å². The topological polar surface area (TPSA) is 51.1 Å². The van der Waals surface area contributed by atoms with E-state index in [1.54, 1.807) is 47.2 Å². The molecule has 0 unspecified atom stereocenters. The predicted octanol–water partition coefficient (Wildman–Crippen LogP) is 4.60. The summed E-state index contributed by atoms with van der Waals surface area (Å²) >= 11 is 17.8. The molecule has 122 valence electrons. The van der Waals surface area contributed by atoms with Crippen LogP contribution in [0, 0.1) is 0 Å². The van der Waals surface area contributed by atoms with E-state index in [0.717, 1.165) is 0 Å². The second-order valence-corrected chi connectivity index (χ2v) is 6.42. The molecule has 1 aromatic heterocycles. The van der Waals surface area contributed by atoms with E-state index in [4.69, 9.17) is 34.8 Å². The van der Waals surface area contributed by atoms with Crippen LogP contribution in [0.4, 0.5) is 5.69 Å². The number of halogens is 3. The van der Waals surface area contributed by atoms with Crippen molar-refractivity contribution in [3.05, 3.63) is 74.0 Å². The van der Waals surface area contributed by atoms with Crippen LogP contribution in [0.1, 0.15) is 0 Å². The Morgan fingerprint density at radius 1 is 1.00 bits per heavy atom. The Labute approximate surface area is 152 Å². The van der Waals surface area contributed by atoms with Crippen LogP contribution in [0.15, 0.2) is 53.5 Å². The fourth-order valence-corrected chi connectivity index (χ4v) is 2.98. The van der Waals surface area contributed by atoms with E-state index in [1.807, 2.05) is 0 Å². The van der Waals surface area contributed by atoms with Crippen molar-refractivity contribution in [3.8, 4) is 0 Å². The molecule has 3 rings (SSSR count). The number of rotatable bonds is 3. The van der Waals surface area contributed by atoms with E-state index in [1.165, 1.54) is 6.07 Å². The number of anilines is 1. The second-order valence-electron chi connectivity index (χ2n) is 5.14. The van der Waals surface area contributed by atoms with Crippen LogP contribution in [0.3, 0.4) is 0 Å². The van der Waals surface area contributed by atoms with Crippen LogP contribution >= 0.6 is 34.8 Å². The summed E-state index contributed by atoms with van der Waals surface area (Å²) in [6, 6.07) is 11.2. The zero-order valence-electron chi connectivity index (χ0n) is 12.2. The first kappa shape index (κ1) is 16.8. The number of nitrogens with zero attached hydrogens (tertiary/aromatic N) is 1. The minimum Gasteiger partial charge on any atom is -0.338 e. The lowest BCUT2D eigenvalue weighted by Gasteiger charge is -2.12. The van der Waals surface area contributed by atoms with Crippen LogP contribution in [0.5, 0.6) is 0 Å². The molecule has 0 saturated heterocycles. The zero-order valence-corrected chi connectivity index (χ0v) is 14.5. The predicted molar refractivity (Wildman–Crippen MR) is 98.3 cm³/mol. The van der Waals surface area contributed by atoms with Crippen molar-refractivity contribution in [2.45, 2.75) is 6.54 Å². The number of hydrogen-bond donors (Lipinski definition) is 1. The van der Waals surface area contributed by atoms with Gasteiger partial charge in [0, 0.05) is 27.7 Å². The molecule has 1 heterocycles. The summed E-state index contributed by atoms with van der Waals surface area (Å²) in [4.78, 5) is 24.2. The van der Waals surface area contributed by atoms with Crippen molar-refractivity contribution in [2.75, 3.05) is 5.32 Å². The van der Waals surface area contributed by atoms with Crippen molar-refractivity contribution in [2.24, 2.45) is 0 Å². The van der Waals surface area contributed by atoms with Gasteiger partial charge in [0.1, 0.15) is 6.54 Å². The third-order valence-corrected chi connectivity index (χ3v) is 4.24. The number of pyridine rings is 1. The van der Waals surface area contributed by atoms with Crippen LogP contribution in [0.25, 0.3) is 10.9 Å². The van der Waals surface area contributed by atoms with Crippen LogP contribution in [-0.4, -0.2) is 10.5 Å². The van der Waals surface area contributed by atoms with Gasteiger partial charge in [-0.15, -0.1) is 0 Å². The van der Waals surface area contributed by atoms with Gasteiger partial charge in [-0.05, 0) is 36.4 Å². The molecule has 7 heteroatoms. The van der Waals surface area contributed by atoms with Crippen molar-refractivity contribution in [1.29, 1.82) is 0 Å². The Bertz CT molecular complexity index is 999. The van der Waals surface area contributed by atoms with Gasteiger partial charge in [-0.25, -0.2) is 0 Å². The first-order valence-electron chi connectivity index (χ1n) is 6.97. The molecule has 0 aliphatic carbocycles. The van der Waals surface area contributed by atoms with E-state index in [-0.39, 0.29) is 17.9 Å². The fraction of sp³-hybridized carbons (Fsp3) is 0.0588. The molecule has 0 fully saturated rings. The average Bonchev–Trinajstić information content (AvgIpc) is 2.53. The molecular weight excluding hydrogens is 371 g/mol. The van der Waals surface area contributed by atoms with E-state index >= 15 is 0 Å². The quantitative estimate of drug-likeness (QED) is 0.721. The number of benzene rings is 2. The average molecular weight is 382 g/mol. The third kappa shape index (κ3) is 3.56. The molecule has 0 aliphatic rings. The monoisotopic (exact) mass is 380 g/mol. The Balaban J connectivity index is 1.88. The molecule has 1 N–H and O–H groups in total. The SMILES string of the molecule is O=C(Cn1ccc(=O)c2cc(Cl)ccc21)Nc1ccc(Cl)cc1Cl. The molecule has 24 heavy (non-hydrogen) atoms. The lowest BCUT2D eigenvalue weighted by Crippen LogP contribution is -2.20. The number of carbonyl (C=O) groups excluding carboxylic acids is 1. The molecular formula is C17H11Cl3N2O2. The summed E-state index contributed by atoms with van der Waals surface area (Å²) < 4.78 is 1.67. The summed E-state index contributed by atoms with van der Waals surface area (Å²) in [5, 5.41) is 4.49. The number of fused-ring (bicyclic) bond motifs is 1. The van der Waals surface area contributed by atoms with Gasteiger partial charge in [0.05, 0.1) is 16.2 Å². The van der Waals surface area contributed by atoms with E-state index in [0.29, 0.717) is 31.7 Å². The Morgan fingerprint density at radius 2 is 1.71 bits per heavy atom. The van der Waals surface area contributed by atoms with Gasteiger partial charge in [0.15, 0.2) is 5.43 Å². The van der Waals surface area contributed by atoms with Gasteiger partial charge < -0.3 is 9.88 Å². The molecule has 0 aliphatic heterocycles. The molecule has 1 amide bonds. The van der Waals surface area contributed by atoms with Crippen molar-refractivity contribution < 1.29 is 4.79 Å². The standard InChI is InChI=1S/C17H11Cl3N2O2/c18-10-2-4-15-12(7-10)16(23)5-6-22(15)9-17(24)21-14-3-1-11(19)8-13(14)20/h1-8H,9H2,(H,21,24). The number of hydrogen-bond acceptors (Lipinski definition) is 2. The van der Waals surface area contributed by atoms with Gasteiger partial charge in [-0.1, -0.05) is 34.8 Å². The maximum absolute atomic E-state index is 12.3. The highest BCUT2D eigenvalue weighted by Crippen LogP contribution is 2.25. The Kier molecular flexibility index (Phi) is 4.81. The highest BCUT2D eigenvalue weighted by atomic mass is 35.5. The van der Waals surface area contributed by atoms with Crippen LogP contribution in [-0.2, 0) is 11.3 Å². The smallest absolute Gasteiger partial charge is 0.244 e. The van der Waals surface area contributed by atoms with E-state index < -0.39 is 0 Å². The lowest BCUT2D eigenvalue weighted by molar-refractivity contribution is -0.116. The lowest BCUT2D eigenvalue weighted by atomic mass is 10.2. The van der Waals surface area contributed by atoms with Gasteiger partial charge in [0.2, 0.25) is 5.91 Å². The van der Waals surface area contributed by atoms with Gasteiger partial charge >= 0.3 is 0 Å². The summed E-state index contributed by atoms with van der Waals surface area (Å²) in [7, 11) is 0. The zero-order chi connectivity index (χ0) is 17.3. The summed E-state index contributed by atoms with van der Waals surface area (Å²) in [5.74, 6) is -0.279. The van der Waals surface area contributed by atoms with Gasteiger partial charge in [0.25, 0.3) is 0 Å². The van der Waals surface area contributed by atoms with Crippen molar-refractivity contribution in [3.63, 3.8) is 0 Å². The summed E-state index contributed by atoms with van der Waals surface area (Å²) in [6.07, 6.45) is 1.57. The Morgan fingerprint density at radius 3 is 2.46 bits per heavy atom. The maximum atomic E-state index is 12.3. The number of nitrogens with one attached hydrogen (secondary N) is 1. The fourth-order valence-electron chi connectivity index (χ4n) is 2.36. The number of carbonyl (C=O) groups is 1. The maximum Gasteiger partial charge on any atom is 0.244 e. The molecule has 0 bridgehead atoms. The second kappa shape index (κ2) is 6.85. The molecule has 0 radical (unpaired) electrons. The van der Waals surface area contributed by atoms with Gasteiger partial charge in [-0.2, -0.15) is 0 Å². The highest BCUT2D eigenvalue weighted by molar-refractivity contribution is 6.36. The first-order valence-corrected chi connectivity index (χ1v) is 8.11. The number of aromatic nitrogens is 1. The van der Waals surface area contributed by atoms with E-state index in [2.05, 4.69) is 5.32 Å². The van der Waals surface area contributed by atoms with E-state index in [9.17, 15) is 9.59 Å². The molecule has 3 aromatic rings. The molecule has 2 aromatic carbocycles. The number of amides is 1. The molecule has 4 nitrogen and oxygen atoms in total. The normalized spacial score (nSPS) is 10.8. The molecule has 0 saturated carbocycles. The summed E-state index contributed by atoms with van der Waals surface area (Å²) in [6.45, 7) is 0.0252. The first-order chi connectivity index (χ1) is 11.4. The Hall–Kier alpha value is -2.01. The molecule has 0 spiro atoms. The largest absolute Gasteiger partial charge is 0.338 e. The van der Waals surface area contributed by atoms with Gasteiger partial charge in [-0.3, -0.25) is 9.59 Å².